The number of allylic oxidation sites excluding steroid dienone is 2. The predicted molar refractivity (Wildman–Crippen MR) is 76.5 cm³/mol. The first-order valence-corrected chi connectivity index (χ1v) is 7.58. The van der Waals surface area contributed by atoms with E-state index in [0.29, 0.717) is 0 Å². The second-order valence-corrected chi connectivity index (χ2v) is 6.04. The highest BCUT2D eigenvalue weighted by atomic mass is 32.2. The van der Waals surface area contributed by atoms with Gasteiger partial charge in [0.2, 0.25) is 5.69 Å². The Morgan fingerprint density at radius 3 is 2.14 bits per heavy atom. The summed E-state index contributed by atoms with van der Waals surface area (Å²) in [6, 6.07) is 6.19. The van der Waals surface area contributed by atoms with Gasteiger partial charge in [0.15, 0.2) is 22.9 Å². The maximum absolute atomic E-state index is 10.7. The zero-order valence-corrected chi connectivity index (χ0v) is 13.2. The lowest BCUT2D eigenvalue weighted by Crippen LogP contribution is -2.37. The zero-order chi connectivity index (χ0) is 17.6. The summed E-state index contributed by atoms with van der Waals surface area (Å²) >= 11 is 0. The highest BCUT2D eigenvalue weighted by Gasteiger charge is 2.36. The molecular formula is C14H18F3NO3S. The Bertz CT molecular complexity index is 637. The smallest absolute Gasteiger partial charge is 0.485 e. The van der Waals surface area contributed by atoms with E-state index >= 15 is 0 Å². The fourth-order valence-corrected chi connectivity index (χ4v) is 1.37. The van der Waals surface area contributed by atoms with Crippen LogP contribution in [0.25, 0.3) is 5.57 Å². The van der Waals surface area contributed by atoms with Crippen LogP contribution in [0.15, 0.2) is 43.1 Å². The van der Waals surface area contributed by atoms with Crippen LogP contribution < -0.4 is 4.57 Å². The van der Waals surface area contributed by atoms with Crippen molar-refractivity contribution in [2.45, 2.75) is 32.3 Å². The topological polar surface area (TPSA) is 61.1 Å². The van der Waals surface area contributed by atoms with Gasteiger partial charge in [-0.1, -0.05) is 18.7 Å². The van der Waals surface area contributed by atoms with Gasteiger partial charge in [0, 0.05) is 24.1 Å². The quantitative estimate of drug-likeness (QED) is 0.367. The fraction of sp³-hybridized carbons (Fsp3) is 0.357. The Balaban J connectivity index is 0.000000472. The summed E-state index contributed by atoms with van der Waals surface area (Å²) in [5.74, 6) is 0. The van der Waals surface area contributed by atoms with Gasteiger partial charge in [-0.15, -0.1) is 0 Å². The number of rotatable bonds is 4. The fourth-order valence-electron chi connectivity index (χ4n) is 1.37. The minimum atomic E-state index is -6.09. The number of halogens is 3. The third-order valence-electron chi connectivity index (χ3n) is 2.44. The first-order valence-electron chi connectivity index (χ1n) is 6.17. The maximum Gasteiger partial charge on any atom is 0.485 e. The first-order chi connectivity index (χ1) is 9.86. The molecule has 0 spiro atoms. The van der Waals surface area contributed by atoms with Crippen LogP contribution in [0.3, 0.4) is 0 Å². The first kappa shape index (κ1) is 20.3. The lowest BCUT2D eigenvalue weighted by molar-refractivity contribution is -0.698. The lowest BCUT2D eigenvalue weighted by atomic mass is 10.2. The molecule has 0 unspecified atom stereocenters. The molecule has 0 saturated carbocycles. The largest absolute Gasteiger partial charge is 0.741 e. The highest BCUT2D eigenvalue weighted by molar-refractivity contribution is 7.86. The van der Waals surface area contributed by atoms with Gasteiger partial charge in [-0.2, -0.15) is 17.7 Å². The van der Waals surface area contributed by atoms with Crippen molar-refractivity contribution in [1.29, 1.82) is 0 Å². The van der Waals surface area contributed by atoms with Gasteiger partial charge in [0.1, 0.15) is 0 Å². The molecule has 0 atom stereocenters. The Labute approximate surface area is 128 Å². The zero-order valence-electron chi connectivity index (χ0n) is 12.4. The Kier molecular flexibility index (Phi) is 7.48. The molecule has 8 heteroatoms. The number of pyridine rings is 1. The van der Waals surface area contributed by atoms with Crippen LogP contribution in [0.5, 0.6) is 0 Å². The second kappa shape index (κ2) is 8.09. The molecule has 1 heterocycles. The van der Waals surface area contributed by atoms with Gasteiger partial charge < -0.3 is 4.55 Å². The molecule has 0 aromatic carbocycles. The normalized spacial score (nSPS) is 11.4. The number of alkyl halides is 3. The molecule has 0 saturated heterocycles. The van der Waals surface area contributed by atoms with Crippen molar-refractivity contribution in [3.05, 3.63) is 48.8 Å². The highest BCUT2D eigenvalue weighted by Crippen LogP contribution is 2.20. The molecule has 0 aliphatic rings. The van der Waals surface area contributed by atoms with E-state index in [1.807, 2.05) is 19.1 Å². The van der Waals surface area contributed by atoms with E-state index in [2.05, 4.69) is 36.9 Å². The van der Waals surface area contributed by atoms with Crippen LogP contribution in [0.2, 0.25) is 0 Å². The van der Waals surface area contributed by atoms with Crippen molar-refractivity contribution >= 4 is 15.7 Å². The number of hydrogen-bond acceptors (Lipinski definition) is 3. The van der Waals surface area contributed by atoms with Gasteiger partial charge in [-0.25, -0.2) is 8.42 Å². The van der Waals surface area contributed by atoms with Gasteiger partial charge >= 0.3 is 5.51 Å². The Morgan fingerprint density at radius 2 is 1.77 bits per heavy atom. The maximum atomic E-state index is 10.7. The molecule has 0 bridgehead atoms. The van der Waals surface area contributed by atoms with E-state index in [9.17, 15) is 13.2 Å². The molecule has 0 radical (unpaired) electrons. The number of hydrogen-bond donors (Lipinski definition) is 0. The van der Waals surface area contributed by atoms with Crippen LogP contribution in [0.4, 0.5) is 13.2 Å². The lowest BCUT2D eigenvalue weighted by Gasteiger charge is -2.08. The predicted octanol–water partition coefficient (Wildman–Crippen LogP) is 3.02. The van der Waals surface area contributed by atoms with Crippen molar-refractivity contribution in [2.75, 3.05) is 0 Å². The molecule has 0 amide bonds. The van der Waals surface area contributed by atoms with E-state index < -0.39 is 15.6 Å². The van der Waals surface area contributed by atoms with Crippen LogP contribution in [0, 0.1) is 0 Å². The third kappa shape index (κ3) is 7.37. The monoisotopic (exact) mass is 337 g/mol. The summed E-state index contributed by atoms with van der Waals surface area (Å²) < 4.78 is 61.1. The minimum Gasteiger partial charge on any atom is -0.741 e. The summed E-state index contributed by atoms with van der Waals surface area (Å²) in [4.78, 5) is 0. The van der Waals surface area contributed by atoms with Crippen molar-refractivity contribution < 1.29 is 30.7 Å². The summed E-state index contributed by atoms with van der Waals surface area (Å²) in [5.41, 5.74) is -2.12. The SMILES string of the molecule is C=C(C)CC[n+]1ccccc1C(=C)C.O=S(=O)([O-])C(F)(F)F. The number of nitrogens with zero attached hydrogens (tertiary/aromatic N) is 1. The standard InChI is InChI=1S/C13H18N.CHF3O3S/c1-11(2)8-10-14-9-6-5-7-13(14)12(3)4;2-1(3,4)8(5,6)7/h5-7,9H,1,3,8,10H2,2,4H3;(H,5,6,7)/q+1;/p-1. The molecule has 1 aromatic rings. The van der Waals surface area contributed by atoms with Gasteiger partial charge in [0.05, 0.1) is 0 Å². The summed E-state index contributed by atoms with van der Waals surface area (Å²) in [5, 5.41) is 0. The van der Waals surface area contributed by atoms with Crippen LogP contribution in [-0.4, -0.2) is 18.5 Å². The molecular weight excluding hydrogens is 319 g/mol. The van der Waals surface area contributed by atoms with E-state index in [-0.39, 0.29) is 0 Å². The Morgan fingerprint density at radius 1 is 1.27 bits per heavy atom. The van der Waals surface area contributed by atoms with Crippen molar-refractivity contribution in [2.24, 2.45) is 0 Å². The second-order valence-electron chi connectivity index (χ2n) is 4.67. The average Bonchev–Trinajstić information content (AvgIpc) is 2.34. The van der Waals surface area contributed by atoms with Gasteiger partial charge in [0.25, 0.3) is 0 Å². The molecule has 0 aliphatic heterocycles. The van der Waals surface area contributed by atoms with E-state index in [1.54, 1.807) is 0 Å². The molecule has 4 nitrogen and oxygen atoms in total. The Hall–Kier alpha value is -1.67. The van der Waals surface area contributed by atoms with Crippen molar-refractivity contribution in [3.8, 4) is 0 Å². The van der Waals surface area contributed by atoms with Gasteiger partial charge in [-0.05, 0) is 19.9 Å². The van der Waals surface area contributed by atoms with Crippen LogP contribution in [-0.2, 0) is 16.7 Å². The molecule has 1 rings (SSSR count). The molecule has 0 fully saturated rings. The van der Waals surface area contributed by atoms with Gasteiger partial charge in [-0.3, -0.25) is 0 Å². The summed E-state index contributed by atoms with van der Waals surface area (Å²) in [6.07, 6.45) is 3.11. The molecule has 0 aliphatic carbocycles. The summed E-state index contributed by atoms with van der Waals surface area (Å²) in [6.45, 7) is 13.0. The molecule has 0 N–H and O–H groups in total. The van der Waals surface area contributed by atoms with Crippen LogP contribution in [0.1, 0.15) is 26.0 Å². The average molecular weight is 337 g/mol. The number of aryl methyl sites for hydroxylation is 1. The summed E-state index contributed by atoms with van der Waals surface area (Å²) in [7, 11) is -6.09. The van der Waals surface area contributed by atoms with E-state index in [0.717, 1.165) is 18.5 Å². The minimum absolute atomic E-state index is 0.984. The molecule has 1 aromatic heterocycles. The molecule has 22 heavy (non-hydrogen) atoms. The third-order valence-corrected chi connectivity index (χ3v) is 3.01. The van der Waals surface area contributed by atoms with E-state index in [4.69, 9.17) is 13.0 Å². The number of aromatic nitrogens is 1. The van der Waals surface area contributed by atoms with Crippen molar-refractivity contribution in [3.63, 3.8) is 0 Å². The molecule has 124 valence electrons. The van der Waals surface area contributed by atoms with E-state index in [1.165, 1.54) is 11.3 Å². The van der Waals surface area contributed by atoms with Crippen molar-refractivity contribution in [1.82, 2.24) is 0 Å². The van der Waals surface area contributed by atoms with Crippen LogP contribution >= 0.6 is 0 Å².